The first-order chi connectivity index (χ1) is 9.78. The fourth-order valence-corrected chi connectivity index (χ4v) is 1.93. The van der Waals surface area contributed by atoms with Gasteiger partial charge in [0, 0.05) is 13.1 Å². The van der Waals surface area contributed by atoms with E-state index in [0.29, 0.717) is 5.75 Å². The first-order valence-electron chi connectivity index (χ1n) is 6.98. The second kappa shape index (κ2) is 7.56. The topological polar surface area (TPSA) is 41.5 Å². The van der Waals surface area contributed by atoms with Gasteiger partial charge in [0.2, 0.25) is 0 Å². The second-order valence-corrected chi connectivity index (χ2v) is 4.77. The van der Waals surface area contributed by atoms with Gasteiger partial charge < -0.3 is 15.2 Å². The maximum atomic E-state index is 9.23. The molecule has 0 aliphatic heterocycles. The van der Waals surface area contributed by atoms with Gasteiger partial charge in [-0.1, -0.05) is 31.2 Å². The minimum atomic E-state index is 0.300. The maximum absolute atomic E-state index is 9.23. The number of benzene rings is 2. The lowest BCUT2D eigenvalue weighted by atomic mass is 10.2. The summed E-state index contributed by atoms with van der Waals surface area (Å²) in [6, 6.07) is 15.4. The van der Waals surface area contributed by atoms with E-state index in [0.717, 1.165) is 37.4 Å². The van der Waals surface area contributed by atoms with Crippen molar-refractivity contribution in [3.63, 3.8) is 0 Å². The molecule has 0 bridgehead atoms. The zero-order chi connectivity index (χ0) is 14.2. The third-order valence-corrected chi connectivity index (χ3v) is 2.97. The Kier molecular flexibility index (Phi) is 5.44. The Labute approximate surface area is 120 Å². The predicted molar refractivity (Wildman–Crippen MR) is 80.9 cm³/mol. The molecule has 0 unspecified atom stereocenters. The lowest BCUT2D eigenvalue weighted by Gasteiger charge is -2.08. The first-order valence-corrected chi connectivity index (χ1v) is 6.98. The molecule has 0 spiro atoms. The zero-order valence-corrected chi connectivity index (χ0v) is 11.8. The van der Waals surface area contributed by atoms with E-state index in [4.69, 9.17) is 4.74 Å². The molecule has 106 valence electrons. The molecular formula is C17H21NO2. The summed E-state index contributed by atoms with van der Waals surface area (Å²) >= 11 is 0. The Bertz CT molecular complexity index is 523. The third-order valence-electron chi connectivity index (χ3n) is 2.97. The molecule has 2 rings (SSSR count). The molecule has 0 atom stereocenters. The van der Waals surface area contributed by atoms with E-state index in [1.807, 2.05) is 24.3 Å². The Hall–Kier alpha value is -2.00. The van der Waals surface area contributed by atoms with Gasteiger partial charge in [-0.3, -0.25) is 0 Å². The molecule has 3 nitrogen and oxygen atoms in total. The van der Waals surface area contributed by atoms with Gasteiger partial charge in [-0.15, -0.1) is 0 Å². The third kappa shape index (κ3) is 4.59. The van der Waals surface area contributed by atoms with Crippen LogP contribution >= 0.6 is 0 Å². The van der Waals surface area contributed by atoms with Crippen molar-refractivity contribution < 1.29 is 9.84 Å². The number of hydrogen-bond donors (Lipinski definition) is 2. The smallest absolute Gasteiger partial charge is 0.119 e. The monoisotopic (exact) mass is 271 g/mol. The van der Waals surface area contributed by atoms with Gasteiger partial charge >= 0.3 is 0 Å². The highest BCUT2D eigenvalue weighted by Gasteiger charge is 1.98. The molecule has 0 aliphatic carbocycles. The molecule has 0 saturated carbocycles. The van der Waals surface area contributed by atoms with Crippen LogP contribution in [0.15, 0.2) is 48.5 Å². The van der Waals surface area contributed by atoms with Gasteiger partial charge in [-0.25, -0.2) is 0 Å². The number of rotatable bonds is 7. The van der Waals surface area contributed by atoms with Crippen molar-refractivity contribution in [1.29, 1.82) is 0 Å². The highest BCUT2D eigenvalue weighted by Crippen LogP contribution is 2.14. The van der Waals surface area contributed by atoms with Crippen molar-refractivity contribution in [2.45, 2.75) is 26.4 Å². The van der Waals surface area contributed by atoms with Crippen LogP contribution in [0, 0.1) is 0 Å². The lowest BCUT2D eigenvalue weighted by Crippen LogP contribution is -2.12. The van der Waals surface area contributed by atoms with Gasteiger partial charge in [0.25, 0.3) is 0 Å². The van der Waals surface area contributed by atoms with Gasteiger partial charge in [-0.05, 0) is 41.8 Å². The van der Waals surface area contributed by atoms with Crippen molar-refractivity contribution in [2.75, 3.05) is 6.61 Å². The molecule has 0 radical (unpaired) electrons. The fourth-order valence-electron chi connectivity index (χ4n) is 1.93. The Morgan fingerprint density at radius 1 is 1.00 bits per heavy atom. The van der Waals surface area contributed by atoms with Crippen LogP contribution < -0.4 is 10.1 Å². The Balaban J connectivity index is 1.82. The van der Waals surface area contributed by atoms with Gasteiger partial charge in [0.15, 0.2) is 0 Å². The molecule has 0 amide bonds. The van der Waals surface area contributed by atoms with Crippen LogP contribution in [0.1, 0.15) is 24.5 Å². The molecule has 2 aromatic rings. The highest BCUT2D eigenvalue weighted by atomic mass is 16.5. The summed E-state index contributed by atoms with van der Waals surface area (Å²) in [5.41, 5.74) is 2.36. The number of aromatic hydroxyl groups is 1. The first kappa shape index (κ1) is 14.4. The molecule has 3 heteroatoms. The van der Waals surface area contributed by atoms with Crippen LogP contribution in [-0.4, -0.2) is 11.7 Å². The normalized spacial score (nSPS) is 10.4. The van der Waals surface area contributed by atoms with Crippen LogP contribution in [0.4, 0.5) is 0 Å². The molecular weight excluding hydrogens is 250 g/mol. The second-order valence-electron chi connectivity index (χ2n) is 4.77. The largest absolute Gasteiger partial charge is 0.508 e. The summed E-state index contributed by atoms with van der Waals surface area (Å²) in [5.74, 6) is 1.23. The zero-order valence-electron chi connectivity index (χ0n) is 11.8. The lowest BCUT2D eigenvalue weighted by molar-refractivity contribution is 0.317. The minimum Gasteiger partial charge on any atom is -0.508 e. The Morgan fingerprint density at radius 3 is 2.50 bits per heavy atom. The van der Waals surface area contributed by atoms with Crippen molar-refractivity contribution in [3.8, 4) is 11.5 Å². The highest BCUT2D eigenvalue weighted by molar-refractivity contribution is 5.29. The predicted octanol–water partition coefficient (Wildman–Crippen LogP) is 3.47. The SMILES string of the molecule is CCCOc1cccc(CNCc2ccc(O)cc2)c1. The minimum absolute atomic E-state index is 0.300. The average molecular weight is 271 g/mol. The van der Waals surface area contributed by atoms with Crippen LogP contribution in [-0.2, 0) is 13.1 Å². The van der Waals surface area contributed by atoms with E-state index in [2.05, 4.69) is 24.4 Å². The Morgan fingerprint density at radius 2 is 1.75 bits per heavy atom. The molecule has 2 aromatic carbocycles. The van der Waals surface area contributed by atoms with Crippen LogP contribution in [0.3, 0.4) is 0 Å². The van der Waals surface area contributed by atoms with Crippen molar-refractivity contribution in [1.82, 2.24) is 5.32 Å². The van der Waals surface area contributed by atoms with Crippen LogP contribution in [0.5, 0.6) is 11.5 Å². The van der Waals surface area contributed by atoms with Crippen LogP contribution in [0.25, 0.3) is 0 Å². The van der Waals surface area contributed by atoms with Crippen LogP contribution in [0.2, 0.25) is 0 Å². The molecule has 0 aliphatic rings. The maximum Gasteiger partial charge on any atom is 0.119 e. The van der Waals surface area contributed by atoms with E-state index in [1.165, 1.54) is 5.56 Å². The fraction of sp³-hybridized carbons (Fsp3) is 0.294. The summed E-state index contributed by atoms with van der Waals surface area (Å²) in [4.78, 5) is 0. The van der Waals surface area contributed by atoms with E-state index < -0.39 is 0 Å². The van der Waals surface area contributed by atoms with Gasteiger partial charge in [0.05, 0.1) is 6.61 Å². The van der Waals surface area contributed by atoms with Crippen molar-refractivity contribution >= 4 is 0 Å². The number of phenols is 1. The van der Waals surface area contributed by atoms with Crippen molar-refractivity contribution in [3.05, 3.63) is 59.7 Å². The quantitative estimate of drug-likeness (QED) is 0.810. The summed E-state index contributed by atoms with van der Waals surface area (Å²) in [5, 5.41) is 12.6. The van der Waals surface area contributed by atoms with Crippen molar-refractivity contribution in [2.24, 2.45) is 0 Å². The van der Waals surface area contributed by atoms with E-state index in [9.17, 15) is 5.11 Å². The molecule has 0 fully saturated rings. The van der Waals surface area contributed by atoms with E-state index >= 15 is 0 Å². The number of hydrogen-bond acceptors (Lipinski definition) is 3. The summed E-state index contributed by atoms with van der Waals surface area (Å²) in [7, 11) is 0. The average Bonchev–Trinajstić information content (AvgIpc) is 2.48. The standard InChI is InChI=1S/C17H21NO2/c1-2-10-20-17-5-3-4-15(11-17)13-18-12-14-6-8-16(19)9-7-14/h3-9,11,18-19H,2,10,12-13H2,1H3. The number of phenolic OH excluding ortho intramolecular Hbond substituents is 1. The summed E-state index contributed by atoms with van der Waals surface area (Å²) in [6.07, 6.45) is 1.02. The van der Waals surface area contributed by atoms with E-state index in [-0.39, 0.29) is 0 Å². The van der Waals surface area contributed by atoms with Gasteiger partial charge in [-0.2, -0.15) is 0 Å². The molecule has 20 heavy (non-hydrogen) atoms. The summed E-state index contributed by atoms with van der Waals surface area (Å²) < 4.78 is 5.62. The molecule has 0 heterocycles. The number of nitrogens with one attached hydrogen (secondary N) is 1. The molecule has 2 N–H and O–H groups in total. The molecule has 0 saturated heterocycles. The molecule has 0 aromatic heterocycles. The van der Waals surface area contributed by atoms with E-state index in [1.54, 1.807) is 12.1 Å². The number of ether oxygens (including phenoxy) is 1. The summed E-state index contributed by atoms with van der Waals surface area (Å²) in [6.45, 7) is 4.43. The van der Waals surface area contributed by atoms with Gasteiger partial charge in [0.1, 0.15) is 11.5 Å².